The average Bonchev–Trinajstić information content (AvgIpc) is 2.71. The third-order valence-corrected chi connectivity index (χ3v) is 6.08. The average molecular weight is 429 g/mol. The molecule has 0 aliphatic heterocycles. The van der Waals surface area contributed by atoms with Crippen LogP contribution in [0.5, 0.6) is 5.75 Å². The molecule has 19 heavy (non-hydrogen) atoms. The predicted octanol–water partition coefficient (Wildman–Crippen LogP) is 6.06. The molecular formula is C13H10Br2ClFOS. The van der Waals surface area contributed by atoms with Crippen molar-refractivity contribution in [2.45, 2.75) is 12.3 Å². The van der Waals surface area contributed by atoms with Crippen molar-refractivity contribution in [1.82, 2.24) is 0 Å². The van der Waals surface area contributed by atoms with Gasteiger partial charge in [0.1, 0.15) is 11.6 Å². The SMILES string of the molecule is COc1cc(F)c(Br)cc1C(Cl)c1cc(C)c(Br)s1. The first-order valence-corrected chi connectivity index (χ1v) is 8.20. The smallest absolute Gasteiger partial charge is 0.141 e. The van der Waals surface area contributed by atoms with Gasteiger partial charge in [0.15, 0.2) is 0 Å². The molecule has 2 rings (SSSR count). The van der Waals surface area contributed by atoms with Crippen LogP contribution < -0.4 is 4.74 Å². The normalized spacial score (nSPS) is 12.5. The van der Waals surface area contributed by atoms with E-state index in [0.717, 1.165) is 19.8 Å². The highest BCUT2D eigenvalue weighted by Crippen LogP contribution is 2.42. The van der Waals surface area contributed by atoms with E-state index in [0.29, 0.717) is 10.2 Å². The van der Waals surface area contributed by atoms with Crippen molar-refractivity contribution in [3.05, 3.63) is 48.3 Å². The molecule has 1 aromatic heterocycles. The molecule has 0 saturated carbocycles. The fourth-order valence-electron chi connectivity index (χ4n) is 1.68. The molecular weight excluding hydrogens is 418 g/mol. The summed E-state index contributed by atoms with van der Waals surface area (Å²) in [6.45, 7) is 2.01. The molecule has 1 nitrogen and oxygen atoms in total. The molecule has 1 aromatic carbocycles. The van der Waals surface area contributed by atoms with Crippen molar-refractivity contribution in [2.75, 3.05) is 7.11 Å². The minimum absolute atomic E-state index is 0.368. The lowest BCUT2D eigenvalue weighted by Crippen LogP contribution is -1.97. The van der Waals surface area contributed by atoms with Crippen LogP contribution in [-0.2, 0) is 0 Å². The van der Waals surface area contributed by atoms with E-state index >= 15 is 0 Å². The molecule has 0 amide bonds. The van der Waals surface area contributed by atoms with Gasteiger partial charge in [-0.05, 0) is 56.5 Å². The van der Waals surface area contributed by atoms with Crippen LogP contribution in [0.15, 0.2) is 26.5 Å². The number of hydrogen-bond acceptors (Lipinski definition) is 2. The van der Waals surface area contributed by atoms with Crippen molar-refractivity contribution < 1.29 is 9.13 Å². The number of methoxy groups -OCH3 is 1. The lowest BCUT2D eigenvalue weighted by molar-refractivity contribution is 0.406. The van der Waals surface area contributed by atoms with E-state index in [9.17, 15) is 4.39 Å². The monoisotopic (exact) mass is 426 g/mol. The zero-order valence-corrected chi connectivity index (χ0v) is 14.9. The second kappa shape index (κ2) is 6.12. The van der Waals surface area contributed by atoms with Gasteiger partial charge in [-0.3, -0.25) is 0 Å². The molecule has 0 fully saturated rings. The van der Waals surface area contributed by atoms with Crippen LogP contribution in [-0.4, -0.2) is 7.11 Å². The first kappa shape index (κ1) is 15.3. The molecule has 1 atom stereocenters. The molecule has 0 radical (unpaired) electrons. The van der Waals surface area contributed by atoms with Gasteiger partial charge in [0, 0.05) is 16.5 Å². The summed E-state index contributed by atoms with van der Waals surface area (Å²) in [5, 5.41) is -0.373. The minimum atomic E-state index is -0.373. The highest BCUT2D eigenvalue weighted by molar-refractivity contribution is 9.11. The Bertz CT molecular complexity index is 595. The maximum atomic E-state index is 13.5. The molecule has 1 heterocycles. The summed E-state index contributed by atoms with van der Waals surface area (Å²) in [5.41, 5.74) is 1.87. The molecule has 0 N–H and O–H groups in total. The predicted molar refractivity (Wildman–Crippen MR) is 85.1 cm³/mol. The lowest BCUT2D eigenvalue weighted by atomic mass is 10.1. The van der Waals surface area contributed by atoms with E-state index in [1.165, 1.54) is 13.2 Å². The minimum Gasteiger partial charge on any atom is -0.496 e. The summed E-state index contributed by atoms with van der Waals surface area (Å²) in [5.74, 6) is 0.0795. The second-order valence-electron chi connectivity index (χ2n) is 3.98. The second-order valence-corrected chi connectivity index (χ2v) is 7.67. The van der Waals surface area contributed by atoms with Crippen molar-refractivity contribution in [3.63, 3.8) is 0 Å². The van der Waals surface area contributed by atoms with Crippen LogP contribution in [0, 0.1) is 12.7 Å². The third kappa shape index (κ3) is 3.15. The van der Waals surface area contributed by atoms with Gasteiger partial charge in [-0.25, -0.2) is 4.39 Å². The summed E-state index contributed by atoms with van der Waals surface area (Å²) >= 11 is 14.7. The number of thiophene rings is 1. The molecule has 0 bridgehead atoms. The van der Waals surface area contributed by atoms with E-state index in [-0.39, 0.29) is 11.2 Å². The molecule has 0 aliphatic carbocycles. The van der Waals surface area contributed by atoms with Crippen LogP contribution in [0.2, 0.25) is 0 Å². The summed E-state index contributed by atoms with van der Waals surface area (Å²) in [6, 6.07) is 5.02. The Balaban J connectivity index is 2.48. The van der Waals surface area contributed by atoms with E-state index in [4.69, 9.17) is 16.3 Å². The quantitative estimate of drug-likeness (QED) is 0.540. The molecule has 2 aromatic rings. The maximum Gasteiger partial charge on any atom is 0.141 e. The topological polar surface area (TPSA) is 9.23 Å². The summed E-state index contributed by atoms with van der Waals surface area (Å²) < 4.78 is 20.1. The summed E-state index contributed by atoms with van der Waals surface area (Å²) in [4.78, 5) is 0.989. The molecule has 6 heteroatoms. The van der Waals surface area contributed by atoms with Crippen LogP contribution in [0.1, 0.15) is 21.4 Å². The number of hydrogen-bond donors (Lipinski definition) is 0. The Labute approximate surface area is 137 Å². The van der Waals surface area contributed by atoms with E-state index < -0.39 is 0 Å². The van der Waals surface area contributed by atoms with Gasteiger partial charge in [0.2, 0.25) is 0 Å². The van der Waals surface area contributed by atoms with Gasteiger partial charge in [-0.1, -0.05) is 0 Å². The van der Waals surface area contributed by atoms with Crippen LogP contribution >= 0.6 is 54.8 Å². The number of alkyl halides is 1. The fourth-order valence-corrected chi connectivity index (χ4v) is 3.98. The number of halogens is 4. The largest absolute Gasteiger partial charge is 0.496 e. The summed E-state index contributed by atoms with van der Waals surface area (Å²) in [6.07, 6.45) is 0. The molecule has 0 spiro atoms. The van der Waals surface area contributed by atoms with Crippen molar-refractivity contribution in [2.24, 2.45) is 0 Å². The first-order valence-electron chi connectivity index (χ1n) is 5.37. The summed E-state index contributed by atoms with van der Waals surface area (Å²) in [7, 11) is 1.51. The first-order chi connectivity index (χ1) is 8.93. The van der Waals surface area contributed by atoms with Crippen LogP contribution in [0.25, 0.3) is 0 Å². The standard InChI is InChI=1S/C13H10Br2ClFOS/c1-6-3-11(19-13(6)15)12(16)7-4-8(14)9(17)5-10(7)18-2/h3-5,12H,1-2H3. The maximum absolute atomic E-state index is 13.5. The van der Waals surface area contributed by atoms with Crippen molar-refractivity contribution >= 4 is 54.8 Å². The molecule has 0 saturated heterocycles. The number of aryl methyl sites for hydroxylation is 1. The van der Waals surface area contributed by atoms with E-state index in [1.807, 2.05) is 13.0 Å². The highest BCUT2D eigenvalue weighted by Gasteiger charge is 2.20. The van der Waals surface area contributed by atoms with Crippen molar-refractivity contribution in [3.8, 4) is 5.75 Å². The lowest BCUT2D eigenvalue weighted by Gasteiger charge is -2.13. The van der Waals surface area contributed by atoms with Gasteiger partial charge in [0.25, 0.3) is 0 Å². The van der Waals surface area contributed by atoms with Gasteiger partial charge < -0.3 is 4.74 Å². The highest BCUT2D eigenvalue weighted by atomic mass is 79.9. The molecule has 102 valence electrons. The van der Waals surface area contributed by atoms with Gasteiger partial charge >= 0.3 is 0 Å². The number of ether oxygens (including phenoxy) is 1. The van der Waals surface area contributed by atoms with E-state index in [2.05, 4.69) is 31.9 Å². The molecule has 1 unspecified atom stereocenters. The zero-order chi connectivity index (χ0) is 14.2. The van der Waals surface area contributed by atoms with E-state index in [1.54, 1.807) is 17.4 Å². The third-order valence-electron chi connectivity index (χ3n) is 2.67. The Morgan fingerprint density at radius 2 is 2.00 bits per heavy atom. The van der Waals surface area contributed by atoms with Gasteiger partial charge in [-0.2, -0.15) is 0 Å². The number of benzene rings is 1. The number of rotatable bonds is 3. The Hall–Kier alpha value is -0.100. The Morgan fingerprint density at radius 1 is 1.32 bits per heavy atom. The molecule has 0 aliphatic rings. The fraction of sp³-hybridized carbons (Fsp3) is 0.231. The Morgan fingerprint density at radius 3 is 2.53 bits per heavy atom. The van der Waals surface area contributed by atoms with Gasteiger partial charge in [0.05, 0.1) is 20.7 Å². The van der Waals surface area contributed by atoms with Gasteiger partial charge in [-0.15, -0.1) is 22.9 Å². The zero-order valence-electron chi connectivity index (χ0n) is 10.1. The van der Waals surface area contributed by atoms with Crippen LogP contribution in [0.4, 0.5) is 4.39 Å². The Kier molecular flexibility index (Phi) is 4.93. The van der Waals surface area contributed by atoms with Crippen molar-refractivity contribution in [1.29, 1.82) is 0 Å². The van der Waals surface area contributed by atoms with Crippen LogP contribution in [0.3, 0.4) is 0 Å².